The second kappa shape index (κ2) is 4.24. The maximum Gasteiger partial charge on any atom is 0.227 e. The minimum atomic E-state index is -0.246. The summed E-state index contributed by atoms with van der Waals surface area (Å²) < 4.78 is 14.0. The Morgan fingerprint density at radius 2 is 2.12 bits per heavy atom. The first kappa shape index (κ1) is 11.1. The Labute approximate surface area is 94.9 Å². The highest BCUT2D eigenvalue weighted by Crippen LogP contribution is 2.29. The Morgan fingerprint density at radius 3 is 2.81 bits per heavy atom. The molecule has 2 rings (SSSR count). The predicted molar refractivity (Wildman–Crippen MR) is 61.9 cm³/mol. The van der Waals surface area contributed by atoms with Gasteiger partial charge in [-0.1, -0.05) is 19.9 Å². The third kappa shape index (κ3) is 1.94. The van der Waals surface area contributed by atoms with Gasteiger partial charge in [0.15, 0.2) is 0 Å². The van der Waals surface area contributed by atoms with Crippen LogP contribution in [0.15, 0.2) is 12.1 Å². The van der Waals surface area contributed by atoms with Crippen molar-refractivity contribution in [2.75, 3.05) is 5.32 Å². The number of anilines is 1. The summed E-state index contributed by atoms with van der Waals surface area (Å²) in [6, 6.07) is 3.58. The summed E-state index contributed by atoms with van der Waals surface area (Å²) in [7, 11) is 0. The van der Waals surface area contributed by atoms with E-state index >= 15 is 0 Å². The van der Waals surface area contributed by atoms with E-state index < -0.39 is 0 Å². The lowest BCUT2D eigenvalue weighted by atomic mass is 10.1. The first-order valence-corrected chi connectivity index (χ1v) is 5.70. The minimum absolute atomic E-state index is 0.132. The Hall–Kier alpha value is -1.38. The molecule has 0 saturated carbocycles. The molecule has 0 fully saturated rings. The highest BCUT2D eigenvalue weighted by Gasteiger charge is 2.19. The van der Waals surface area contributed by atoms with E-state index in [1.54, 1.807) is 19.9 Å². The molecule has 1 aliphatic rings. The fourth-order valence-corrected chi connectivity index (χ4v) is 1.99. The number of nitrogens with one attached hydrogen (secondary N) is 1. The highest BCUT2D eigenvalue weighted by molar-refractivity contribution is 5.92. The number of halogens is 1. The zero-order valence-corrected chi connectivity index (χ0v) is 9.64. The van der Waals surface area contributed by atoms with Crippen LogP contribution in [0.3, 0.4) is 0 Å². The van der Waals surface area contributed by atoms with Crippen LogP contribution in [0.2, 0.25) is 0 Å². The molecular formula is C13H16FNO. The van der Waals surface area contributed by atoms with E-state index in [1.165, 1.54) is 0 Å². The van der Waals surface area contributed by atoms with E-state index in [0.717, 1.165) is 30.4 Å². The van der Waals surface area contributed by atoms with E-state index in [-0.39, 0.29) is 17.6 Å². The van der Waals surface area contributed by atoms with Crippen LogP contribution in [0.5, 0.6) is 0 Å². The number of benzene rings is 1. The van der Waals surface area contributed by atoms with Crippen molar-refractivity contribution < 1.29 is 9.18 Å². The second-order valence-corrected chi connectivity index (χ2v) is 4.56. The van der Waals surface area contributed by atoms with Gasteiger partial charge in [0.2, 0.25) is 5.91 Å². The molecule has 0 heterocycles. The number of rotatable bonds is 2. The van der Waals surface area contributed by atoms with Gasteiger partial charge in [0.1, 0.15) is 5.82 Å². The van der Waals surface area contributed by atoms with Crippen molar-refractivity contribution >= 4 is 11.6 Å². The average Bonchev–Trinajstić information content (AvgIpc) is 2.70. The Bertz CT molecular complexity index is 426. The SMILES string of the molecule is CC(C)C(=O)Nc1ccc2c(c1F)CCC2. The lowest BCUT2D eigenvalue weighted by Crippen LogP contribution is -2.18. The number of aryl methyl sites for hydroxylation is 1. The molecule has 0 saturated heterocycles. The van der Waals surface area contributed by atoms with Crippen molar-refractivity contribution in [3.05, 3.63) is 29.1 Å². The van der Waals surface area contributed by atoms with Crippen LogP contribution in [-0.2, 0) is 17.6 Å². The van der Waals surface area contributed by atoms with Crippen molar-refractivity contribution in [1.29, 1.82) is 0 Å². The van der Waals surface area contributed by atoms with Crippen LogP contribution >= 0.6 is 0 Å². The Kier molecular flexibility index (Phi) is 2.95. The quantitative estimate of drug-likeness (QED) is 0.817. The van der Waals surface area contributed by atoms with Gasteiger partial charge in [0.25, 0.3) is 0 Å². The molecule has 0 unspecified atom stereocenters. The maximum absolute atomic E-state index is 14.0. The molecular weight excluding hydrogens is 205 g/mol. The molecule has 0 atom stereocenters. The second-order valence-electron chi connectivity index (χ2n) is 4.56. The Morgan fingerprint density at radius 1 is 1.38 bits per heavy atom. The maximum atomic E-state index is 14.0. The number of fused-ring (bicyclic) bond motifs is 1. The van der Waals surface area contributed by atoms with Gasteiger partial charge in [-0.05, 0) is 36.5 Å². The molecule has 0 aromatic heterocycles. The molecule has 0 spiro atoms. The molecule has 0 aliphatic heterocycles. The van der Waals surface area contributed by atoms with Gasteiger partial charge < -0.3 is 5.32 Å². The summed E-state index contributed by atoms with van der Waals surface area (Å²) in [5.74, 6) is -0.520. The summed E-state index contributed by atoms with van der Waals surface area (Å²) in [6.07, 6.45) is 2.74. The van der Waals surface area contributed by atoms with Gasteiger partial charge in [-0.15, -0.1) is 0 Å². The topological polar surface area (TPSA) is 29.1 Å². The molecule has 16 heavy (non-hydrogen) atoms. The average molecular weight is 221 g/mol. The first-order valence-electron chi connectivity index (χ1n) is 5.70. The number of hydrogen-bond acceptors (Lipinski definition) is 1. The number of hydrogen-bond donors (Lipinski definition) is 1. The zero-order valence-electron chi connectivity index (χ0n) is 9.64. The van der Waals surface area contributed by atoms with Crippen LogP contribution in [0.25, 0.3) is 0 Å². The molecule has 1 aromatic rings. The molecule has 3 heteroatoms. The summed E-state index contributed by atoms with van der Waals surface area (Å²) in [5, 5.41) is 2.63. The van der Waals surface area contributed by atoms with Crippen molar-refractivity contribution in [1.82, 2.24) is 0 Å². The van der Waals surface area contributed by atoms with Crippen LogP contribution in [-0.4, -0.2) is 5.91 Å². The molecule has 1 aliphatic carbocycles. The smallest absolute Gasteiger partial charge is 0.227 e. The van der Waals surface area contributed by atoms with Gasteiger partial charge in [-0.2, -0.15) is 0 Å². The Balaban J connectivity index is 2.26. The van der Waals surface area contributed by atoms with Crippen LogP contribution in [0, 0.1) is 11.7 Å². The molecule has 0 radical (unpaired) electrons. The fourth-order valence-electron chi connectivity index (χ4n) is 1.99. The van der Waals surface area contributed by atoms with Gasteiger partial charge in [-0.3, -0.25) is 4.79 Å². The zero-order chi connectivity index (χ0) is 11.7. The molecule has 1 amide bonds. The van der Waals surface area contributed by atoms with Crippen molar-refractivity contribution in [3.8, 4) is 0 Å². The standard InChI is InChI=1S/C13H16FNO/c1-8(2)13(16)15-11-7-6-9-4-3-5-10(9)12(11)14/h6-8H,3-5H2,1-2H3,(H,15,16). The van der Waals surface area contributed by atoms with Gasteiger partial charge in [0, 0.05) is 5.92 Å². The van der Waals surface area contributed by atoms with Crippen LogP contribution in [0.4, 0.5) is 10.1 Å². The van der Waals surface area contributed by atoms with Crippen molar-refractivity contribution in [2.24, 2.45) is 5.92 Å². The van der Waals surface area contributed by atoms with Crippen LogP contribution in [0.1, 0.15) is 31.4 Å². The third-order valence-corrected chi connectivity index (χ3v) is 3.00. The van der Waals surface area contributed by atoms with Crippen molar-refractivity contribution in [2.45, 2.75) is 33.1 Å². The summed E-state index contributed by atoms with van der Waals surface area (Å²) in [5.41, 5.74) is 2.18. The lowest BCUT2D eigenvalue weighted by molar-refractivity contribution is -0.118. The van der Waals surface area contributed by atoms with E-state index in [2.05, 4.69) is 5.32 Å². The van der Waals surface area contributed by atoms with E-state index in [1.807, 2.05) is 6.07 Å². The molecule has 2 nitrogen and oxygen atoms in total. The van der Waals surface area contributed by atoms with E-state index in [0.29, 0.717) is 5.69 Å². The van der Waals surface area contributed by atoms with E-state index in [9.17, 15) is 9.18 Å². The normalized spacial score (nSPS) is 14.0. The number of carbonyl (C=O) groups is 1. The monoisotopic (exact) mass is 221 g/mol. The van der Waals surface area contributed by atoms with Gasteiger partial charge in [-0.25, -0.2) is 4.39 Å². The lowest BCUT2D eigenvalue weighted by Gasteiger charge is -2.11. The molecule has 86 valence electrons. The summed E-state index contributed by atoms with van der Waals surface area (Å²) in [6.45, 7) is 3.58. The first-order chi connectivity index (χ1) is 7.59. The van der Waals surface area contributed by atoms with Crippen molar-refractivity contribution in [3.63, 3.8) is 0 Å². The third-order valence-electron chi connectivity index (χ3n) is 3.00. The highest BCUT2D eigenvalue weighted by atomic mass is 19.1. The van der Waals surface area contributed by atoms with Gasteiger partial charge >= 0.3 is 0 Å². The molecule has 1 N–H and O–H groups in total. The number of carbonyl (C=O) groups excluding carboxylic acids is 1. The predicted octanol–water partition coefficient (Wildman–Crippen LogP) is 2.91. The van der Waals surface area contributed by atoms with E-state index in [4.69, 9.17) is 0 Å². The minimum Gasteiger partial charge on any atom is -0.323 e. The summed E-state index contributed by atoms with van der Waals surface area (Å²) >= 11 is 0. The van der Waals surface area contributed by atoms with Gasteiger partial charge in [0.05, 0.1) is 5.69 Å². The summed E-state index contributed by atoms with van der Waals surface area (Å²) in [4.78, 5) is 11.5. The largest absolute Gasteiger partial charge is 0.323 e. The van der Waals surface area contributed by atoms with Crippen LogP contribution < -0.4 is 5.32 Å². The molecule has 0 bridgehead atoms. The molecule has 1 aromatic carbocycles. The fraction of sp³-hybridized carbons (Fsp3) is 0.462. The number of amides is 1.